The van der Waals surface area contributed by atoms with Gasteiger partial charge < -0.3 is 5.11 Å². The smallest absolute Gasteiger partial charge is 0.149 e. The Morgan fingerprint density at radius 3 is 2.15 bits per heavy atom. The molecule has 0 spiro atoms. The molecule has 0 unspecified atom stereocenters. The van der Waals surface area contributed by atoms with Gasteiger partial charge in [-0.1, -0.05) is 131 Å². The molecule has 0 fully saturated rings. The Bertz CT molecular complexity index is 3060. The van der Waals surface area contributed by atoms with Crippen LogP contribution in [0.4, 0.5) is 0 Å². The van der Waals surface area contributed by atoms with E-state index in [1.165, 1.54) is 6.92 Å². The molecule has 0 aliphatic heterocycles. The molecule has 0 amide bonds. The third-order valence-electron chi connectivity index (χ3n) is 9.71. The summed E-state index contributed by atoms with van der Waals surface area (Å²) in [4.78, 5) is 9.77. The van der Waals surface area contributed by atoms with Gasteiger partial charge in [0.1, 0.15) is 11.6 Å². The molecule has 0 saturated carbocycles. The second-order valence-corrected chi connectivity index (χ2v) is 14.8. The average Bonchev–Trinajstić information content (AvgIpc) is 3.63. The molecule has 54 heavy (non-hydrogen) atoms. The van der Waals surface area contributed by atoms with Gasteiger partial charge in [0.25, 0.3) is 0 Å². The summed E-state index contributed by atoms with van der Waals surface area (Å²) in [6.45, 7) is 11.4. The van der Waals surface area contributed by atoms with Crippen molar-refractivity contribution in [3.8, 4) is 67.5 Å². The fourth-order valence-electron chi connectivity index (χ4n) is 6.74. The first kappa shape index (κ1) is 26.5. The Morgan fingerprint density at radius 2 is 1.41 bits per heavy atom. The van der Waals surface area contributed by atoms with E-state index in [0.29, 0.717) is 22.5 Å². The van der Waals surface area contributed by atoms with Gasteiger partial charge in [0, 0.05) is 24.2 Å². The molecular weight excluding hydrogens is 659 g/mol. The van der Waals surface area contributed by atoms with Gasteiger partial charge in [-0.2, -0.15) is 0 Å². The molecule has 0 radical (unpaired) electrons. The minimum atomic E-state index is -0.874. The highest BCUT2D eigenvalue weighted by atomic mass is 16.3. The van der Waals surface area contributed by atoms with E-state index >= 15 is 0 Å². The van der Waals surface area contributed by atoms with Gasteiger partial charge in [0.2, 0.25) is 0 Å². The number of phenols is 1. The summed E-state index contributed by atoms with van der Waals surface area (Å²) in [5.74, 6) is -0.325. The number of hydrogen-bond donors (Lipinski definition) is 1. The number of hydrogen-bond acceptors (Lipinski definition) is 3. The lowest BCUT2D eigenvalue weighted by Crippen LogP contribution is -2.11. The summed E-state index contributed by atoms with van der Waals surface area (Å²) in [6, 6.07) is 32.7. The average molecular weight is 712 g/mol. The highest BCUT2D eigenvalue weighted by Crippen LogP contribution is 2.42. The largest absolute Gasteiger partial charge is 0.507 e. The number of phenolic OH excluding ortho intramolecular Hbond substituents is 1. The molecule has 4 nitrogen and oxygen atoms in total. The highest BCUT2D eigenvalue weighted by Gasteiger charge is 2.24. The predicted molar refractivity (Wildman–Crippen MR) is 225 cm³/mol. The quantitative estimate of drug-likeness (QED) is 0.179. The lowest BCUT2D eigenvalue weighted by Gasteiger charge is -2.22. The lowest BCUT2D eigenvalue weighted by molar-refractivity contribution is 0.477. The first-order valence-corrected chi connectivity index (χ1v) is 18.0. The van der Waals surface area contributed by atoms with Gasteiger partial charge in [-0.15, -0.1) is 0 Å². The van der Waals surface area contributed by atoms with E-state index in [2.05, 4.69) is 31.8 Å². The normalized spacial score (nSPS) is 14.0. The zero-order valence-corrected chi connectivity index (χ0v) is 31.2. The van der Waals surface area contributed by atoms with Crippen molar-refractivity contribution in [1.29, 1.82) is 0 Å². The maximum atomic E-state index is 11.3. The van der Waals surface area contributed by atoms with Crippen LogP contribution in [-0.2, 0) is 5.41 Å². The van der Waals surface area contributed by atoms with E-state index in [1.54, 1.807) is 12.1 Å². The van der Waals surface area contributed by atoms with Gasteiger partial charge in [-0.05, 0) is 106 Å². The first-order valence-electron chi connectivity index (χ1n) is 22.0. The van der Waals surface area contributed by atoms with E-state index in [-0.39, 0.29) is 58.3 Å². The molecule has 6 aromatic carbocycles. The van der Waals surface area contributed by atoms with Crippen LogP contribution < -0.4 is 0 Å². The summed E-state index contributed by atoms with van der Waals surface area (Å²) >= 11 is 0. The van der Waals surface area contributed by atoms with Gasteiger partial charge in [-0.3, -0.25) is 9.55 Å². The van der Waals surface area contributed by atoms with Crippen molar-refractivity contribution >= 4 is 11.0 Å². The van der Waals surface area contributed by atoms with E-state index < -0.39 is 23.5 Å². The zero-order chi connectivity index (χ0) is 44.6. The van der Waals surface area contributed by atoms with Gasteiger partial charge in [0.15, 0.2) is 0 Å². The molecule has 4 heteroatoms. The Hall–Kier alpha value is -6.26. The van der Waals surface area contributed by atoms with E-state index in [0.717, 1.165) is 44.6 Å². The van der Waals surface area contributed by atoms with Crippen molar-refractivity contribution in [3.05, 3.63) is 168 Å². The summed E-state index contributed by atoms with van der Waals surface area (Å²) < 4.78 is 72.5. The van der Waals surface area contributed by atoms with Crippen molar-refractivity contribution in [1.82, 2.24) is 14.5 Å². The SMILES string of the molecule is [2H]c1nc(-c2cc(-c3cccc4c3nc(-c3ccccc3O)n4-c3ccc(C([2H])(C)C)cc3-c3ccccc3)cc(C(C)(C)C)c2)c([2H])c(-c2c([2H])c([2H])c(C)c([2H])c2[2H])c1[2H]. The maximum absolute atomic E-state index is 11.3. The Labute approximate surface area is 329 Å². The molecule has 0 saturated heterocycles. The topological polar surface area (TPSA) is 50.9 Å². The molecule has 0 aliphatic rings. The van der Waals surface area contributed by atoms with Crippen molar-refractivity contribution in [2.45, 2.75) is 52.9 Å². The fraction of sp³-hybridized carbons (Fsp3) is 0.160. The molecule has 8 aromatic rings. The minimum Gasteiger partial charge on any atom is -0.507 e. The summed E-state index contributed by atoms with van der Waals surface area (Å²) in [5.41, 5.74) is 7.54. The van der Waals surface area contributed by atoms with Crippen LogP contribution >= 0.6 is 0 Å². The van der Waals surface area contributed by atoms with Crippen molar-refractivity contribution in [3.63, 3.8) is 0 Å². The molecule has 0 aliphatic carbocycles. The summed E-state index contributed by atoms with van der Waals surface area (Å²) in [6.07, 6.45) is -0.464. The number of para-hydroxylation sites is 2. The van der Waals surface area contributed by atoms with Crippen LogP contribution in [0.5, 0.6) is 5.75 Å². The number of imidazole rings is 1. The minimum absolute atomic E-state index is 0.0528. The second-order valence-electron chi connectivity index (χ2n) is 14.8. The van der Waals surface area contributed by atoms with Crippen molar-refractivity contribution < 1.29 is 16.1 Å². The van der Waals surface area contributed by atoms with Gasteiger partial charge in [0.05, 0.1) is 37.6 Å². The number of aromatic hydroxyl groups is 1. The van der Waals surface area contributed by atoms with Crippen LogP contribution in [0.3, 0.4) is 0 Å². The number of benzene rings is 6. The number of rotatable bonds is 7. The zero-order valence-electron chi connectivity index (χ0n) is 39.2. The molecule has 0 atom stereocenters. The summed E-state index contributed by atoms with van der Waals surface area (Å²) in [5, 5.41) is 11.3. The Balaban J connectivity index is 1.43. The second kappa shape index (κ2) is 13.9. The van der Waals surface area contributed by atoms with Crippen LogP contribution in [0.15, 0.2) is 152 Å². The molecule has 0 bridgehead atoms. The number of pyridine rings is 1. The third-order valence-corrected chi connectivity index (χ3v) is 9.71. The standard InChI is InChI=1S/C50H45N3O/c1-32(2)36-23-24-45(43(30-36)35-13-8-7-9-14-35)53-46-17-12-16-41(48(46)52-49(53)42-15-10-11-18-47(42)54)38-27-39(29-40(28-38)50(4,5)6)44-31-37(25-26-51-44)34-21-19-33(3)20-22-34/h7-32,54H,1-6H3/i19D,20D,21D,22D,25D,26D,31D,32D. The van der Waals surface area contributed by atoms with E-state index in [1.807, 2.05) is 109 Å². The van der Waals surface area contributed by atoms with Crippen LogP contribution in [0, 0.1) is 6.92 Å². The van der Waals surface area contributed by atoms with Crippen molar-refractivity contribution in [2.24, 2.45) is 0 Å². The highest BCUT2D eigenvalue weighted by molar-refractivity contribution is 5.97. The predicted octanol–water partition coefficient (Wildman–Crippen LogP) is 13.2. The molecule has 8 rings (SSSR count). The molecule has 2 heterocycles. The monoisotopic (exact) mass is 711 g/mol. The van der Waals surface area contributed by atoms with Gasteiger partial charge in [-0.25, -0.2) is 4.98 Å². The number of aromatic nitrogens is 3. The maximum Gasteiger partial charge on any atom is 0.149 e. The van der Waals surface area contributed by atoms with Crippen LogP contribution in [-0.4, -0.2) is 19.6 Å². The lowest BCUT2D eigenvalue weighted by atomic mass is 9.83. The first-order chi connectivity index (χ1) is 29.3. The Morgan fingerprint density at radius 1 is 0.685 bits per heavy atom. The van der Waals surface area contributed by atoms with Crippen LogP contribution in [0.1, 0.15) is 68.2 Å². The number of fused-ring (bicyclic) bond motifs is 1. The fourth-order valence-corrected chi connectivity index (χ4v) is 6.74. The number of nitrogens with zero attached hydrogens (tertiary/aromatic N) is 3. The van der Waals surface area contributed by atoms with E-state index in [9.17, 15) is 6.48 Å². The van der Waals surface area contributed by atoms with Gasteiger partial charge >= 0.3 is 0 Å². The molecule has 266 valence electrons. The third kappa shape index (κ3) is 6.60. The molecular formula is C50H45N3O. The van der Waals surface area contributed by atoms with Crippen LogP contribution in [0.25, 0.3) is 72.7 Å². The Kier molecular flexibility index (Phi) is 6.84. The summed E-state index contributed by atoms with van der Waals surface area (Å²) in [7, 11) is 0. The van der Waals surface area contributed by atoms with Crippen molar-refractivity contribution in [2.75, 3.05) is 0 Å². The molecule has 2 aromatic heterocycles. The van der Waals surface area contributed by atoms with Crippen LogP contribution in [0.2, 0.25) is 0 Å². The molecule has 1 N–H and O–H groups in total. The van der Waals surface area contributed by atoms with E-state index in [4.69, 9.17) is 14.6 Å².